The van der Waals surface area contributed by atoms with Crippen LogP contribution in [-0.4, -0.2) is 34.9 Å². The Morgan fingerprint density at radius 2 is 1.92 bits per heavy atom. The first kappa shape index (κ1) is 17.5. The third kappa shape index (κ3) is 2.99. The molecule has 2 N–H and O–H groups in total. The van der Waals surface area contributed by atoms with Crippen molar-refractivity contribution in [1.29, 1.82) is 0 Å². The Morgan fingerprint density at radius 3 is 2.62 bits per heavy atom. The van der Waals surface area contributed by atoms with Crippen molar-refractivity contribution in [2.75, 3.05) is 6.61 Å². The fourth-order valence-electron chi connectivity index (χ4n) is 2.73. The highest BCUT2D eigenvalue weighted by molar-refractivity contribution is 6.07. The van der Waals surface area contributed by atoms with Gasteiger partial charge in [0.25, 0.3) is 5.91 Å². The number of nitrogens with zero attached hydrogens (tertiary/aromatic N) is 2. The molecule has 0 saturated carbocycles. The highest BCUT2D eigenvalue weighted by atomic mass is 16.5. The summed E-state index contributed by atoms with van der Waals surface area (Å²) in [5.74, 6) is -0.288. The van der Waals surface area contributed by atoms with Gasteiger partial charge in [0.1, 0.15) is 5.54 Å². The van der Waals surface area contributed by atoms with Gasteiger partial charge in [0.15, 0.2) is 11.5 Å². The van der Waals surface area contributed by atoms with Crippen LogP contribution in [0.4, 0.5) is 4.79 Å². The minimum Gasteiger partial charge on any atom is -0.504 e. The van der Waals surface area contributed by atoms with E-state index in [9.17, 15) is 14.7 Å². The molecule has 0 spiro atoms. The molecule has 134 valence electrons. The molecule has 1 saturated heterocycles. The summed E-state index contributed by atoms with van der Waals surface area (Å²) in [7, 11) is 0. The number of rotatable bonds is 5. The number of carbonyl (C=O) groups excluding carboxylic acids is 2. The van der Waals surface area contributed by atoms with Gasteiger partial charge in [0.2, 0.25) is 0 Å². The number of hydrogen-bond donors (Lipinski definition) is 2. The number of imide groups is 1. The first-order valence-corrected chi connectivity index (χ1v) is 8.18. The molecule has 0 radical (unpaired) electrons. The minimum atomic E-state index is -1.19. The number of phenols is 1. The van der Waals surface area contributed by atoms with E-state index >= 15 is 0 Å². The van der Waals surface area contributed by atoms with Crippen LogP contribution in [0.25, 0.3) is 0 Å². The Kier molecular flexibility index (Phi) is 4.62. The van der Waals surface area contributed by atoms with Gasteiger partial charge >= 0.3 is 6.03 Å². The molecular weight excluding hydrogens is 334 g/mol. The average Bonchev–Trinajstić information content (AvgIpc) is 2.87. The van der Waals surface area contributed by atoms with E-state index in [-0.39, 0.29) is 5.75 Å². The van der Waals surface area contributed by atoms with Gasteiger partial charge in [-0.3, -0.25) is 4.79 Å². The molecule has 1 aliphatic heterocycles. The second-order valence-corrected chi connectivity index (χ2v) is 5.91. The Labute approximate surface area is 150 Å². The lowest BCUT2D eigenvalue weighted by molar-refractivity contribution is -0.131. The molecule has 2 aromatic rings. The zero-order chi connectivity index (χ0) is 18.7. The zero-order valence-electron chi connectivity index (χ0n) is 14.5. The molecule has 26 heavy (non-hydrogen) atoms. The topological polar surface area (TPSA) is 91.2 Å². The molecule has 0 bridgehead atoms. The number of amides is 3. The van der Waals surface area contributed by atoms with Gasteiger partial charge in [0, 0.05) is 5.56 Å². The number of para-hydroxylation sites is 1. The van der Waals surface area contributed by atoms with Gasteiger partial charge in [-0.1, -0.05) is 36.4 Å². The van der Waals surface area contributed by atoms with E-state index < -0.39 is 17.5 Å². The van der Waals surface area contributed by atoms with Crippen LogP contribution in [0.5, 0.6) is 11.5 Å². The molecule has 3 amide bonds. The van der Waals surface area contributed by atoms with Crippen molar-refractivity contribution in [3.8, 4) is 11.5 Å². The SMILES string of the molecule is CCOc1cccc(/C=N/N2C(=O)N[C@@](C)(c3ccccc3)C2=O)c1O. The number of aromatic hydroxyl groups is 1. The second-order valence-electron chi connectivity index (χ2n) is 5.91. The minimum absolute atomic E-state index is 0.101. The van der Waals surface area contributed by atoms with Crippen LogP contribution in [-0.2, 0) is 10.3 Å². The van der Waals surface area contributed by atoms with Gasteiger partial charge in [-0.25, -0.2) is 4.79 Å². The number of phenolic OH excluding ortho intramolecular Hbond substituents is 1. The summed E-state index contributed by atoms with van der Waals surface area (Å²) in [5.41, 5.74) is -0.188. The lowest BCUT2D eigenvalue weighted by Gasteiger charge is -2.20. The van der Waals surface area contributed by atoms with Crippen molar-refractivity contribution in [2.45, 2.75) is 19.4 Å². The predicted octanol–water partition coefficient (Wildman–Crippen LogP) is 2.59. The number of nitrogens with one attached hydrogen (secondary N) is 1. The summed E-state index contributed by atoms with van der Waals surface area (Å²) in [5, 5.41) is 17.6. The monoisotopic (exact) mass is 353 g/mol. The average molecular weight is 353 g/mol. The van der Waals surface area contributed by atoms with E-state index in [1.54, 1.807) is 56.3 Å². The number of hydrazone groups is 1. The van der Waals surface area contributed by atoms with Gasteiger partial charge in [-0.15, -0.1) is 5.01 Å². The maximum Gasteiger partial charge on any atom is 0.346 e. The normalized spacial score (nSPS) is 19.8. The number of urea groups is 1. The highest BCUT2D eigenvalue weighted by Crippen LogP contribution is 2.30. The van der Waals surface area contributed by atoms with Crippen molar-refractivity contribution in [3.05, 3.63) is 59.7 Å². The number of benzene rings is 2. The van der Waals surface area contributed by atoms with E-state index in [0.717, 1.165) is 5.01 Å². The summed E-state index contributed by atoms with van der Waals surface area (Å²) < 4.78 is 5.31. The molecule has 1 heterocycles. The zero-order valence-corrected chi connectivity index (χ0v) is 14.5. The van der Waals surface area contributed by atoms with Crippen molar-refractivity contribution < 1.29 is 19.4 Å². The van der Waals surface area contributed by atoms with Crippen LogP contribution in [0.15, 0.2) is 53.6 Å². The van der Waals surface area contributed by atoms with Crippen LogP contribution in [0.1, 0.15) is 25.0 Å². The van der Waals surface area contributed by atoms with Crippen LogP contribution in [0.2, 0.25) is 0 Å². The third-order valence-corrected chi connectivity index (χ3v) is 4.16. The Balaban J connectivity index is 1.87. The highest BCUT2D eigenvalue weighted by Gasteiger charge is 2.49. The van der Waals surface area contributed by atoms with E-state index in [2.05, 4.69) is 10.4 Å². The molecule has 1 atom stereocenters. The van der Waals surface area contributed by atoms with Crippen molar-refractivity contribution in [1.82, 2.24) is 10.3 Å². The molecule has 0 aliphatic carbocycles. The third-order valence-electron chi connectivity index (χ3n) is 4.16. The first-order valence-electron chi connectivity index (χ1n) is 8.18. The maximum atomic E-state index is 12.8. The second kappa shape index (κ2) is 6.87. The van der Waals surface area contributed by atoms with Crippen LogP contribution >= 0.6 is 0 Å². The molecule has 0 unspecified atom stereocenters. The van der Waals surface area contributed by atoms with Crippen LogP contribution < -0.4 is 10.1 Å². The number of hydrogen-bond acceptors (Lipinski definition) is 5. The molecule has 7 heteroatoms. The number of carbonyl (C=O) groups is 2. The van der Waals surface area contributed by atoms with Gasteiger partial charge in [-0.05, 0) is 31.5 Å². The van der Waals surface area contributed by atoms with Crippen molar-refractivity contribution in [3.63, 3.8) is 0 Å². The molecule has 2 aromatic carbocycles. The molecular formula is C19H19N3O4. The molecule has 1 aliphatic rings. The molecule has 7 nitrogen and oxygen atoms in total. The van der Waals surface area contributed by atoms with Gasteiger partial charge < -0.3 is 15.2 Å². The van der Waals surface area contributed by atoms with Crippen LogP contribution in [0.3, 0.4) is 0 Å². The predicted molar refractivity (Wildman–Crippen MR) is 96.0 cm³/mol. The van der Waals surface area contributed by atoms with Crippen molar-refractivity contribution in [2.24, 2.45) is 5.10 Å². The van der Waals surface area contributed by atoms with E-state index in [4.69, 9.17) is 4.74 Å². The van der Waals surface area contributed by atoms with Gasteiger partial charge in [0.05, 0.1) is 12.8 Å². The van der Waals surface area contributed by atoms with Crippen LogP contribution in [0, 0.1) is 0 Å². The quantitative estimate of drug-likeness (QED) is 0.638. The van der Waals surface area contributed by atoms with Gasteiger partial charge in [-0.2, -0.15) is 5.10 Å². The molecule has 3 rings (SSSR count). The first-order chi connectivity index (χ1) is 12.5. The summed E-state index contributed by atoms with van der Waals surface area (Å²) >= 11 is 0. The lowest BCUT2D eigenvalue weighted by atomic mass is 9.92. The molecule has 0 aromatic heterocycles. The van der Waals surface area contributed by atoms with E-state index in [0.29, 0.717) is 23.5 Å². The standard InChI is InChI=1S/C19H19N3O4/c1-3-26-15-11-7-8-13(16(15)23)12-20-22-17(24)19(2,21-18(22)25)14-9-5-4-6-10-14/h4-12,23H,3H2,1-2H3,(H,21,25)/b20-12+/t19-/m0/s1. The van der Waals surface area contributed by atoms with E-state index in [1.807, 2.05) is 6.07 Å². The Hall–Kier alpha value is -3.35. The lowest BCUT2D eigenvalue weighted by Crippen LogP contribution is -2.40. The van der Waals surface area contributed by atoms with Crippen molar-refractivity contribution >= 4 is 18.2 Å². The number of ether oxygens (including phenoxy) is 1. The summed E-state index contributed by atoms with van der Waals surface area (Å²) in [6, 6.07) is 13.2. The summed E-state index contributed by atoms with van der Waals surface area (Å²) in [6.07, 6.45) is 1.26. The Morgan fingerprint density at radius 1 is 1.19 bits per heavy atom. The summed E-state index contributed by atoms with van der Waals surface area (Å²) in [4.78, 5) is 25.0. The largest absolute Gasteiger partial charge is 0.504 e. The summed E-state index contributed by atoms with van der Waals surface area (Å²) in [6.45, 7) is 3.83. The molecule has 1 fully saturated rings. The van der Waals surface area contributed by atoms with E-state index in [1.165, 1.54) is 6.21 Å². The maximum absolute atomic E-state index is 12.8. The fraction of sp³-hybridized carbons (Fsp3) is 0.211. The fourth-order valence-corrected chi connectivity index (χ4v) is 2.73. The Bertz CT molecular complexity index is 866. The smallest absolute Gasteiger partial charge is 0.346 e.